The molecule has 1 aromatic heterocycles. The molecule has 0 bridgehead atoms. The van der Waals surface area contributed by atoms with Gasteiger partial charge in [-0.3, -0.25) is 4.90 Å². The highest BCUT2D eigenvalue weighted by Crippen LogP contribution is 2.18. The summed E-state index contributed by atoms with van der Waals surface area (Å²) in [5, 5.41) is 4.01. The summed E-state index contributed by atoms with van der Waals surface area (Å²) >= 11 is 0. The number of ether oxygens (including phenoxy) is 1. The lowest BCUT2D eigenvalue weighted by Gasteiger charge is -2.29. The summed E-state index contributed by atoms with van der Waals surface area (Å²) in [5.74, 6) is 2.05. The lowest BCUT2D eigenvalue weighted by molar-refractivity contribution is 0.180. The minimum absolute atomic E-state index is 0. The van der Waals surface area contributed by atoms with Gasteiger partial charge in [0, 0.05) is 13.1 Å². The largest absolute Gasteiger partial charge is 0.497 e. The third-order valence-electron chi connectivity index (χ3n) is 3.62. The SMILES string of the molecule is COc1ccc(CCN(Cc2noc(CN)n2)CC(C)(C)C)cc1.Cl. The number of benzene rings is 1. The van der Waals surface area contributed by atoms with Crippen LogP contribution in [0.2, 0.25) is 0 Å². The zero-order valence-electron chi connectivity index (χ0n) is 15.5. The van der Waals surface area contributed by atoms with Crippen LogP contribution in [0.15, 0.2) is 28.8 Å². The van der Waals surface area contributed by atoms with E-state index >= 15 is 0 Å². The number of methoxy groups -OCH3 is 1. The maximum absolute atomic E-state index is 5.53. The first-order valence-electron chi connectivity index (χ1n) is 8.26. The normalized spacial score (nSPS) is 11.4. The molecule has 140 valence electrons. The lowest BCUT2D eigenvalue weighted by Crippen LogP contribution is -2.34. The molecule has 0 aliphatic rings. The monoisotopic (exact) mass is 368 g/mol. The van der Waals surface area contributed by atoms with Gasteiger partial charge in [0.05, 0.1) is 20.2 Å². The predicted molar refractivity (Wildman–Crippen MR) is 101 cm³/mol. The molecule has 0 fully saturated rings. The van der Waals surface area contributed by atoms with E-state index in [1.165, 1.54) is 5.56 Å². The fourth-order valence-electron chi connectivity index (χ4n) is 2.60. The molecule has 0 radical (unpaired) electrons. The molecular weight excluding hydrogens is 340 g/mol. The Balaban J connectivity index is 0.00000312. The van der Waals surface area contributed by atoms with Crippen LogP contribution in [0.4, 0.5) is 0 Å². The molecule has 7 heteroatoms. The van der Waals surface area contributed by atoms with Crippen molar-refractivity contribution in [2.24, 2.45) is 11.1 Å². The van der Waals surface area contributed by atoms with Gasteiger partial charge >= 0.3 is 0 Å². The molecule has 0 unspecified atom stereocenters. The van der Waals surface area contributed by atoms with Crippen molar-refractivity contribution in [1.29, 1.82) is 0 Å². The quantitative estimate of drug-likeness (QED) is 0.771. The van der Waals surface area contributed by atoms with Gasteiger partial charge in [0.1, 0.15) is 5.75 Å². The van der Waals surface area contributed by atoms with E-state index in [0.717, 1.165) is 25.3 Å². The first-order chi connectivity index (χ1) is 11.4. The van der Waals surface area contributed by atoms with Gasteiger partial charge in [-0.25, -0.2) is 0 Å². The molecular formula is C18H29ClN4O2. The van der Waals surface area contributed by atoms with E-state index in [-0.39, 0.29) is 24.4 Å². The number of hydrogen-bond acceptors (Lipinski definition) is 6. The molecule has 0 aliphatic heterocycles. The number of aromatic nitrogens is 2. The molecule has 0 saturated carbocycles. The average Bonchev–Trinajstić information content (AvgIpc) is 2.99. The van der Waals surface area contributed by atoms with Crippen molar-refractivity contribution in [2.45, 2.75) is 40.3 Å². The van der Waals surface area contributed by atoms with E-state index in [9.17, 15) is 0 Å². The Bertz CT molecular complexity index is 623. The molecule has 0 aliphatic carbocycles. The van der Waals surface area contributed by atoms with E-state index in [4.69, 9.17) is 15.0 Å². The maximum Gasteiger partial charge on any atom is 0.240 e. The van der Waals surface area contributed by atoms with Crippen molar-refractivity contribution in [3.63, 3.8) is 0 Å². The predicted octanol–water partition coefficient (Wildman–Crippen LogP) is 3.05. The number of nitrogens with two attached hydrogens (primary N) is 1. The fourth-order valence-corrected chi connectivity index (χ4v) is 2.60. The van der Waals surface area contributed by atoms with Crippen molar-refractivity contribution in [1.82, 2.24) is 15.0 Å². The number of halogens is 1. The van der Waals surface area contributed by atoms with Gasteiger partial charge in [0.25, 0.3) is 0 Å². The van der Waals surface area contributed by atoms with Crippen LogP contribution >= 0.6 is 12.4 Å². The Morgan fingerprint density at radius 1 is 1.20 bits per heavy atom. The minimum Gasteiger partial charge on any atom is -0.497 e. The van der Waals surface area contributed by atoms with Crippen LogP contribution in [0, 0.1) is 5.41 Å². The van der Waals surface area contributed by atoms with Crippen molar-refractivity contribution in [3.8, 4) is 5.75 Å². The van der Waals surface area contributed by atoms with Crippen LogP contribution in [0.1, 0.15) is 38.0 Å². The molecule has 0 atom stereocenters. The molecule has 25 heavy (non-hydrogen) atoms. The van der Waals surface area contributed by atoms with Gasteiger partial charge < -0.3 is 15.0 Å². The van der Waals surface area contributed by atoms with E-state index in [2.05, 4.69) is 47.9 Å². The molecule has 2 rings (SSSR count). The molecule has 0 spiro atoms. The van der Waals surface area contributed by atoms with Gasteiger partial charge in [0.15, 0.2) is 5.82 Å². The summed E-state index contributed by atoms with van der Waals surface area (Å²) < 4.78 is 10.3. The van der Waals surface area contributed by atoms with Crippen LogP contribution in [-0.2, 0) is 19.5 Å². The summed E-state index contributed by atoms with van der Waals surface area (Å²) in [6, 6.07) is 8.20. The van der Waals surface area contributed by atoms with Crippen molar-refractivity contribution < 1.29 is 9.26 Å². The van der Waals surface area contributed by atoms with Crippen LogP contribution in [-0.4, -0.2) is 35.2 Å². The highest BCUT2D eigenvalue weighted by Gasteiger charge is 2.18. The van der Waals surface area contributed by atoms with E-state index in [1.807, 2.05) is 12.1 Å². The topological polar surface area (TPSA) is 77.4 Å². The maximum atomic E-state index is 5.53. The smallest absolute Gasteiger partial charge is 0.240 e. The highest BCUT2D eigenvalue weighted by atomic mass is 35.5. The molecule has 0 saturated heterocycles. The Hall–Kier alpha value is -1.63. The van der Waals surface area contributed by atoms with Crippen LogP contribution in [0.25, 0.3) is 0 Å². The van der Waals surface area contributed by atoms with Crippen molar-refractivity contribution in [3.05, 3.63) is 41.5 Å². The van der Waals surface area contributed by atoms with Crippen LogP contribution in [0.3, 0.4) is 0 Å². The second-order valence-electron chi connectivity index (χ2n) is 7.18. The fraction of sp³-hybridized carbons (Fsp3) is 0.556. The van der Waals surface area contributed by atoms with Gasteiger partial charge in [-0.1, -0.05) is 38.1 Å². The first kappa shape index (κ1) is 21.4. The second kappa shape index (κ2) is 9.75. The number of rotatable bonds is 8. The summed E-state index contributed by atoms with van der Waals surface area (Å²) in [6.45, 7) is 9.51. The molecule has 6 nitrogen and oxygen atoms in total. The van der Waals surface area contributed by atoms with E-state index < -0.39 is 0 Å². The molecule has 0 amide bonds. The zero-order chi connectivity index (χ0) is 17.6. The van der Waals surface area contributed by atoms with Gasteiger partial charge in [-0.15, -0.1) is 12.4 Å². The lowest BCUT2D eigenvalue weighted by atomic mass is 9.96. The summed E-state index contributed by atoms with van der Waals surface area (Å²) in [5.41, 5.74) is 7.01. The first-order valence-corrected chi connectivity index (χ1v) is 8.26. The summed E-state index contributed by atoms with van der Waals surface area (Å²) in [6.07, 6.45) is 0.960. The van der Waals surface area contributed by atoms with E-state index in [1.54, 1.807) is 7.11 Å². The third kappa shape index (κ3) is 7.42. The number of hydrogen-bond donors (Lipinski definition) is 1. The number of nitrogens with zero attached hydrogens (tertiary/aromatic N) is 3. The van der Waals surface area contributed by atoms with Gasteiger partial charge in [-0.05, 0) is 29.5 Å². The molecule has 2 N–H and O–H groups in total. The zero-order valence-corrected chi connectivity index (χ0v) is 16.3. The molecule has 1 aromatic carbocycles. The Kier molecular flexibility index (Phi) is 8.35. The molecule has 1 heterocycles. The minimum atomic E-state index is 0. The summed E-state index contributed by atoms with van der Waals surface area (Å²) in [4.78, 5) is 6.67. The second-order valence-corrected chi connectivity index (χ2v) is 7.18. The van der Waals surface area contributed by atoms with Crippen LogP contribution in [0.5, 0.6) is 5.75 Å². The average molecular weight is 369 g/mol. The summed E-state index contributed by atoms with van der Waals surface area (Å²) in [7, 11) is 1.68. The molecule has 2 aromatic rings. The Morgan fingerprint density at radius 3 is 2.40 bits per heavy atom. The van der Waals surface area contributed by atoms with Gasteiger partial charge in [-0.2, -0.15) is 4.98 Å². The highest BCUT2D eigenvalue weighted by molar-refractivity contribution is 5.85. The van der Waals surface area contributed by atoms with Crippen molar-refractivity contribution in [2.75, 3.05) is 20.2 Å². The van der Waals surface area contributed by atoms with Crippen molar-refractivity contribution >= 4 is 12.4 Å². The van der Waals surface area contributed by atoms with E-state index in [0.29, 0.717) is 18.3 Å². The third-order valence-corrected chi connectivity index (χ3v) is 3.62. The van der Waals surface area contributed by atoms with Gasteiger partial charge in [0.2, 0.25) is 5.89 Å². The standard InChI is InChI=1S/C18H28N4O2.ClH/c1-18(2,3)13-22(12-16-20-17(11-19)24-21-16)10-9-14-5-7-15(23-4)8-6-14;/h5-8H,9-13,19H2,1-4H3;1H. The Morgan fingerprint density at radius 2 is 1.88 bits per heavy atom. The van der Waals surface area contributed by atoms with Crippen LogP contribution < -0.4 is 10.5 Å². The Labute approximate surface area is 156 Å².